The van der Waals surface area contributed by atoms with Crippen molar-refractivity contribution >= 4 is 39.1 Å². The van der Waals surface area contributed by atoms with Crippen molar-refractivity contribution in [1.82, 2.24) is 10.2 Å². The van der Waals surface area contributed by atoms with Crippen LogP contribution in [-0.2, 0) is 26.2 Å². The Morgan fingerprint density at radius 1 is 0.897 bits per heavy atom. The minimum Gasteiger partial charge on any atom is -0.352 e. The number of halogens is 1. The lowest BCUT2D eigenvalue weighted by Crippen LogP contribution is -2.52. The van der Waals surface area contributed by atoms with Crippen molar-refractivity contribution in [2.75, 3.05) is 10.8 Å². The van der Waals surface area contributed by atoms with Crippen LogP contribution in [0.2, 0.25) is 5.02 Å². The maximum absolute atomic E-state index is 14.0. The van der Waals surface area contributed by atoms with Crippen molar-refractivity contribution in [1.29, 1.82) is 0 Å². The summed E-state index contributed by atoms with van der Waals surface area (Å²) in [6, 6.07) is 18.1. The number of hydrogen-bond donors (Lipinski definition) is 1. The van der Waals surface area contributed by atoms with Crippen molar-refractivity contribution in [3.05, 3.63) is 94.0 Å². The molecule has 1 atom stereocenters. The summed E-state index contributed by atoms with van der Waals surface area (Å²) in [5, 5.41) is 3.20. The summed E-state index contributed by atoms with van der Waals surface area (Å²) in [6.45, 7) is 10.5. The molecule has 9 heteroatoms. The number of nitrogens with zero attached hydrogens (tertiary/aromatic N) is 2. The second-order valence-electron chi connectivity index (χ2n) is 10.1. The standard InChI is InChI=1S/C30H36ClN3O4S/c1-20(2)32-30(36)24(6)33(18-25-9-7-8-22(4)16-25)29(35)19-34(28-17-26(31)13-12-23(28)5)39(37,38)27-14-10-21(3)11-15-27/h7-17,20,24H,18-19H2,1-6H3,(H,32,36). The van der Waals surface area contributed by atoms with Crippen LogP contribution in [0.25, 0.3) is 0 Å². The molecule has 3 aromatic rings. The number of carbonyl (C=O) groups excluding carboxylic acids is 2. The normalized spacial score (nSPS) is 12.2. The molecule has 0 radical (unpaired) electrons. The maximum atomic E-state index is 14.0. The highest BCUT2D eigenvalue weighted by atomic mass is 35.5. The average molecular weight is 570 g/mol. The Hall–Kier alpha value is -3.36. The van der Waals surface area contributed by atoms with Gasteiger partial charge in [-0.2, -0.15) is 0 Å². The van der Waals surface area contributed by atoms with E-state index in [1.165, 1.54) is 23.1 Å². The molecule has 0 aliphatic rings. The summed E-state index contributed by atoms with van der Waals surface area (Å²) < 4.78 is 29.0. The van der Waals surface area contributed by atoms with E-state index >= 15 is 0 Å². The minimum atomic E-state index is -4.16. The predicted molar refractivity (Wildman–Crippen MR) is 156 cm³/mol. The molecule has 0 bridgehead atoms. The molecule has 0 saturated carbocycles. The summed E-state index contributed by atoms with van der Waals surface area (Å²) >= 11 is 6.27. The van der Waals surface area contributed by atoms with E-state index in [1.807, 2.05) is 52.0 Å². The van der Waals surface area contributed by atoms with Gasteiger partial charge in [-0.15, -0.1) is 0 Å². The van der Waals surface area contributed by atoms with Crippen LogP contribution in [0, 0.1) is 20.8 Å². The molecular formula is C30H36ClN3O4S. The molecule has 0 aliphatic carbocycles. The van der Waals surface area contributed by atoms with Gasteiger partial charge < -0.3 is 10.2 Å². The zero-order valence-corrected chi connectivity index (χ0v) is 24.8. The molecule has 0 saturated heterocycles. The SMILES string of the molecule is Cc1ccc(S(=O)(=O)N(CC(=O)N(Cc2cccc(C)c2)C(C)C(=O)NC(C)C)c2cc(Cl)ccc2C)cc1. The molecule has 0 aromatic heterocycles. The number of aryl methyl sites for hydroxylation is 3. The van der Waals surface area contributed by atoms with Crippen LogP contribution >= 0.6 is 11.6 Å². The Morgan fingerprint density at radius 2 is 1.56 bits per heavy atom. The quantitative estimate of drug-likeness (QED) is 0.354. The van der Waals surface area contributed by atoms with Gasteiger partial charge in [0.05, 0.1) is 10.6 Å². The number of rotatable bonds is 10. The van der Waals surface area contributed by atoms with Gasteiger partial charge in [0, 0.05) is 17.6 Å². The number of benzene rings is 3. The van der Waals surface area contributed by atoms with Gasteiger partial charge in [0.15, 0.2) is 0 Å². The van der Waals surface area contributed by atoms with Gasteiger partial charge in [0.25, 0.3) is 10.0 Å². The van der Waals surface area contributed by atoms with E-state index in [0.717, 1.165) is 21.0 Å². The first-order valence-corrected chi connectivity index (χ1v) is 14.6. The van der Waals surface area contributed by atoms with Gasteiger partial charge >= 0.3 is 0 Å². The fourth-order valence-corrected chi connectivity index (χ4v) is 5.83. The molecular weight excluding hydrogens is 534 g/mol. The van der Waals surface area contributed by atoms with E-state index in [-0.39, 0.29) is 23.4 Å². The molecule has 0 heterocycles. The number of sulfonamides is 1. The number of hydrogen-bond acceptors (Lipinski definition) is 4. The van der Waals surface area contributed by atoms with Crippen molar-refractivity contribution < 1.29 is 18.0 Å². The predicted octanol–water partition coefficient (Wildman–Crippen LogP) is 5.40. The Bertz CT molecular complexity index is 1440. The highest BCUT2D eigenvalue weighted by Gasteiger charge is 2.33. The third-order valence-corrected chi connectivity index (χ3v) is 8.37. The van der Waals surface area contributed by atoms with Crippen molar-refractivity contribution in [2.45, 2.75) is 65.1 Å². The molecule has 39 heavy (non-hydrogen) atoms. The second-order valence-corrected chi connectivity index (χ2v) is 12.4. The molecule has 3 aromatic carbocycles. The van der Waals surface area contributed by atoms with Gasteiger partial charge in [-0.1, -0.05) is 65.2 Å². The van der Waals surface area contributed by atoms with E-state index in [0.29, 0.717) is 16.3 Å². The highest BCUT2D eigenvalue weighted by Crippen LogP contribution is 2.30. The maximum Gasteiger partial charge on any atom is 0.264 e. The second kappa shape index (κ2) is 12.7. The Kier molecular flexibility index (Phi) is 9.80. The van der Waals surface area contributed by atoms with Crippen molar-refractivity contribution in [3.8, 4) is 0 Å². The molecule has 0 spiro atoms. The first-order chi connectivity index (χ1) is 18.3. The van der Waals surface area contributed by atoms with Crippen LogP contribution in [-0.4, -0.2) is 43.8 Å². The van der Waals surface area contributed by atoms with E-state index in [1.54, 1.807) is 38.1 Å². The van der Waals surface area contributed by atoms with Gasteiger partial charge in [0.1, 0.15) is 12.6 Å². The smallest absolute Gasteiger partial charge is 0.264 e. The molecule has 0 fully saturated rings. The van der Waals surface area contributed by atoms with Gasteiger partial charge in [0.2, 0.25) is 11.8 Å². The van der Waals surface area contributed by atoms with E-state index in [2.05, 4.69) is 5.32 Å². The number of anilines is 1. The Labute approximate surface area is 236 Å². The molecule has 7 nitrogen and oxygen atoms in total. The van der Waals surface area contributed by atoms with Crippen molar-refractivity contribution in [3.63, 3.8) is 0 Å². The van der Waals surface area contributed by atoms with Crippen LogP contribution in [0.4, 0.5) is 5.69 Å². The zero-order chi connectivity index (χ0) is 28.9. The number of amides is 2. The fraction of sp³-hybridized carbons (Fsp3) is 0.333. The number of nitrogens with one attached hydrogen (secondary N) is 1. The van der Waals surface area contributed by atoms with Gasteiger partial charge in [-0.25, -0.2) is 8.42 Å². The fourth-order valence-electron chi connectivity index (χ4n) is 4.20. The van der Waals surface area contributed by atoms with Crippen LogP contribution in [0.5, 0.6) is 0 Å². The Balaban J connectivity index is 2.08. The molecule has 2 amide bonds. The van der Waals surface area contributed by atoms with Crippen LogP contribution in [0.3, 0.4) is 0 Å². The minimum absolute atomic E-state index is 0.0520. The summed E-state index contributed by atoms with van der Waals surface area (Å²) in [7, 11) is -4.16. The van der Waals surface area contributed by atoms with E-state index in [9.17, 15) is 18.0 Å². The van der Waals surface area contributed by atoms with Crippen molar-refractivity contribution in [2.24, 2.45) is 0 Å². The van der Waals surface area contributed by atoms with E-state index < -0.39 is 28.5 Å². The summed E-state index contributed by atoms with van der Waals surface area (Å²) in [6.07, 6.45) is 0. The average Bonchev–Trinajstić information content (AvgIpc) is 2.86. The highest BCUT2D eigenvalue weighted by molar-refractivity contribution is 7.92. The summed E-state index contributed by atoms with van der Waals surface area (Å²) in [4.78, 5) is 28.5. The first kappa shape index (κ1) is 30.2. The lowest BCUT2D eigenvalue weighted by atomic mass is 10.1. The lowest BCUT2D eigenvalue weighted by Gasteiger charge is -2.33. The van der Waals surface area contributed by atoms with Crippen LogP contribution < -0.4 is 9.62 Å². The van der Waals surface area contributed by atoms with E-state index in [4.69, 9.17) is 11.6 Å². The zero-order valence-electron chi connectivity index (χ0n) is 23.2. The molecule has 208 valence electrons. The third-order valence-electron chi connectivity index (χ3n) is 6.36. The molecule has 1 N–H and O–H groups in total. The van der Waals surface area contributed by atoms with Gasteiger partial charge in [-0.05, 0) is 76.9 Å². The topological polar surface area (TPSA) is 86.8 Å². The third kappa shape index (κ3) is 7.61. The van der Waals surface area contributed by atoms with Gasteiger partial charge in [-0.3, -0.25) is 13.9 Å². The number of carbonyl (C=O) groups is 2. The molecule has 3 rings (SSSR count). The first-order valence-electron chi connectivity index (χ1n) is 12.8. The summed E-state index contributed by atoms with van der Waals surface area (Å²) in [5.74, 6) is -0.837. The largest absolute Gasteiger partial charge is 0.352 e. The molecule has 1 unspecified atom stereocenters. The summed E-state index contributed by atoms with van der Waals surface area (Å²) in [5.41, 5.74) is 3.69. The lowest BCUT2D eigenvalue weighted by molar-refractivity contribution is -0.139. The van der Waals surface area contributed by atoms with Crippen LogP contribution in [0.15, 0.2) is 71.6 Å². The van der Waals surface area contributed by atoms with Crippen LogP contribution in [0.1, 0.15) is 43.0 Å². The monoisotopic (exact) mass is 569 g/mol. The Morgan fingerprint density at radius 3 is 2.18 bits per heavy atom. The molecule has 0 aliphatic heterocycles.